The molecule has 0 aromatic heterocycles. The van der Waals surface area contributed by atoms with Crippen molar-refractivity contribution in [1.82, 2.24) is 5.32 Å². The number of hydrogen-bond donors (Lipinski definition) is 1. The van der Waals surface area contributed by atoms with Gasteiger partial charge in [0.1, 0.15) is 0 Å². The van der Waals surface area contributed by atoms with Gasteiger partial charge in [0.25, 0.3) is 0 Å². The molecular weight excluding hydrogens is 190 g/mol. The van der Waals surface area contributed by atoms with Crippen molar-refractivity contribution < 1.29 is 9.53 Å². The Morgan fingerprint density at radius 1 is 1.53 bits per heavy atom. The van der Waals surface area contributed by atoms with E-state index in [1.807, 2.05) is 6.92 Å². The Hall–Kier alpha value is -0.990. The molecule has 1 fully saturated rings. The molecule has 15 heavy (non-hydrogen) atoms. The van der Waals surface area contributed by atoms with Crippen LogP contribution in [0.3, 0.4) is 0 Å². The van der Waals surface area contributed by atoms with Gasteiger partial charge in [-0.2, -0.15) is 0 Å². The lowest BCUT2D eigenvalue weighted by Crippen LogP contribution is -2.26. The van der Waals surface area contributed by atoms with Crippen molar-refractivity contribution in [3.05, 3.63) is 11.8 Å². The average molecular weight is 211 g/mol. The minimum atomic E-state index is -0.235. The van der Waals surface area contributed by atoms with Crippen molar-refractivity contribution in [3.8, 4) is 0 Å². The molecule has 0 saturated carbocycles. The monoisotopic (exact) mass is 211 g/mol. The summed E-state index contributed by atoms with van der Waals surface area (Å²) in [6.07, 6.45) is 5.14. The fourth-order valence-electron chi connectivity index (χ4n) is 1.88. The molecule has 1 rings (SSSR count). The molecule has 0 aliphatic carbocycles. The van der Waals surface area contributed by atoms with Crippen LogP contribution >= 0.6 is 0 Å². The maximum atomic E-state index is 11.3. The average Bonchev–Trinajstić information content (AvgIpc) is 2.30. The molecule has 1 aliphatic rings. The van der Waals surface area contributed by atoms with Gasteiger partial charge < -0.3 is 10.1 Å². The van der Waals surface area contributed by atoms with Crippen molar-refractivity contribution in [2.75, 3.05) is 6.61 Å². The normalized spacial score (nSPS) is 29.4. The lowest BCUT2D eigenvalue weighted by atomic mass is 10.0. The molecule has 1 saturated heterocycles. The van der Waals surface area contributed by atoms with Crippen LogP contribution in [0.25, 0.3) is 0 Å². The van der Waals surface area contributed by atoms with Crippen LogP contribution in [0.5, 0.6) is 0 Å². The Balaban J connectivity index is 2.66. The third kappa shape index (κ3) is 3.94. The van der Waals surface area contributed by atoms with E-state index in [0.717, 1.165) is 12.1 Å². The fraction of sp³-hybridized carbons (Fsp3) is 0.750. The lowest BCUT2D eigenvalue weighted by Gasteiger charge is -2.16. The Labute approximate surface area is 91.9 Å². The summed E-state index contributed by atoms with van der Waals surface area (Å²) in [7, 11) is 0. The first-order chi connectivity index (χ1) is 7.13. The van der Waals surface area contributed by atoms with E-state index < -0.39 is 0 Å². The van der Waals surface area contributed by atoms with Crippen LogP contribution in [0.1, 0.15) is 40.0 Å². The summed E-state index contributed by atoms with van der Waals surface area (Å²) >= 11 is 0. The Bertz CT molecular complexity index is 248. The van der Waals surface area contributed by atoms with Crippen LogP contribution in [0.4, 0.5) is 0 Å². The van der Waals surface area contributed by atoms with E-state index in [0.29, 0.717) is 18.6 Å². The molecule has 2 unspecified atom stereocenters. The SMILES string of the molecule is CCOC(=O)/C=C1\NC(C)CCCC1C. The van der Waals surface area contributed by atoms with Gasteiger partial charge in [0.15, 0.2) is 0 Å². The van der Waals surface area contributed by atoms with E-state index in [2.05, 4.69) is 19.2 Å². The third-order valence-corrected chi connectivity index (χ3v) is 2.78. The molecule has 3 heteroatoms. The van der Waals surface area contributed by atoms with Gasteiger partial charge in [-0.15, -0.1) is 0 Å². The van der Waals surface area contributed by atoms with Crippen molar-refractivity contribution >= 4 is 5.97 Å². The number of allylic oxidation sites excluding steroid dienone is 1. The molecule has 0 bridgehead atoms. The summed E-state index contributed by atoms with van der Waals surface area (Å²) in [4.78, 5) is 11.3. The number of ether oxygens (including phenoxy) is 1. The number of rotatable bonds is 2. The zero-order chi connectivity index (χ0) is 11.3. The zero-order valence-corrected chi connectivity index (χ0v) is 9.88. The zero-order valence-electron chi connectivity index (χ0n) is 9.88. The number of hydrogen-bond acceptors (Lipinski definition) is 3. The standard InChI is InChI=1S/C12H21NO2/c1-4-15-12(14)8-11-9(2)6-5-7-10(3)13-11/h8-10,13H,4-7H2,1-3H3/b11-8-. The Morgan fingerprint density at radius 3 is 2.93 bits per heavy atom. The van der Waals surface area contributed by atoms with Crippen molar-refractivity contribution in [1.29, 1.82) is 0 Å². The first-order valence-corrected chi connectivity index (χ1v) is 5.78. The summed E-state index contributed by atoms with van der Waals surface area (Å²) in [5.41, 5.74) is 1.03. The molecule has 1 heterocycles. The van der Waals surface area contributed by atoms with Crippen molar-refractivity contribution in [3.63, 3.8) is 0 Å². The van der Waals surface area contributed by atoms with Crippen LogP contribution < -0.4 is 5.32 Å². The van der Waals surface area contributed by atoms with Gasteiger partial charge >= 0.3 is 5.97 Å². The second-order valence-electron chi connectivity index (χ2n) is 4.23. The highest BCUT2D eigenvalue weighted by Gasteiger charge is 2.17. The largest absolute Gasteiger partial charge is 0.463 e. The summed E-state index contributed by atoms with van der Waals surface area (Å²) in [6.45, 7) is 6.56. The second-order valence-corrected chi connectivity index (χ2v) is 4.23. The lowest BCUT2D eigenvalue weighted by molar-refractivity contribution is -0.137. The van der Waals surface area contributed by atoms with Crippen LogP contribution in [0, 0.1) is 5.92 Å². The first kappa shape index (κ1) is 12.1. The first-order valence-electron chi connectivity index (χ1n) is 5.78. The minimum absolute atomic E-state index is 0.235. The second kappa shape index (κ2) is 5.79. The predicted octanol–water partition coefficient (Wildman–Crippen LogP) is 2.23. The van der Waals surface area contributed by atoms with E-state index in [4.69, 9.17) is 4.74 Å². The smallest absolute Gasteiger partial charge is 0.332 e. The highest BCUT2D eigenvalue weighted by atomic mass is 16.5. The van der Waals surface area contributed by atoms with Gasteiger partial charge in [-0.25, -0.2) is 4.79 Å². The van der Waals surface area contributed by atoms with E-state index in [9.17, 15) is 4.79 Å². The van der Waals surface area contributed by atoms with Gasteiger partial charge in [0.05, 0.1) is 6.61 Å². The molecule has 2 atom stereocenters. The summed E-state index contributed by atoms with van der Waals surface area (Å²) < 4.78 is 4.91. The molecule has 3 nitrogen and oxygen atoms in total. The van der Waals surface area contributed by atoms with Gasteiger partial charge in [0.2, 0.25) is 0 Å². The summed E-state index contributed by atoms with van der Waals surface area (Å²) in [6, 6.07) is 0.454. The van der Waals surface area contributed by atoms with Crippen LogP contribution in [0.15, 0.2) is 11.8 Å². The predicted molar refractivity (Wildman–Crippen MR) is 60.3 cm³/mol. The van der Waals surface area contributed by atoms with E-state index in [1.165, 1.54) is 12.8 Å². The number of carbonyl (C=O) groups excluding carboxylic acids is 1. The highest BCUT2D eigenvalue weighted by Crippen LogP contribution is 2.21. The molecule has 0 amide bonds. The maximum absolute atomic E-state index is 11.3. The minimum Gasteiger partial charge on any atom is -0.463 e. The van der Waals surface area contributed by atoms with E-state index in [-0.39, 0.29) is 5.97 Å². The van der Waals surface area contributed by atoms with E-state index >= 15 is 0 Å². The van der Waals surface area contributed by atoms with Crippen molar-refractivity contribution in [2.24, 2.45) is 5.92 Å². The Kier molecular flexibility index (Phi) is 4.66. The molecule has 0 aromatic rings. The highest BCUT2D eigenvalue weighted by molar-refractivity contribution is 5.82. The van der Waals surface area contributed by atoms with Gasteiger partial charge in [-0.1, -0.05) is 13.3 Å². The third-order valence-electron chi connectivity index (χ3n) is 2.78. The molecule has 86 valence electrons. The van der Waals surface area contributed by atoms with Gasteiger partial charge in [0, 0.05) is 17.8 Å². The van der Waals surface area contributed by atoms with Crippen molar-refractivity contribution in [2.45, 2.75) is 46.1 Å². The van der Waals surface area contributed by atoms with Crippen LogP contribution in [-0.2, 0) is 9.53 Å². The molecule has 0 aromatic carbocycles. The molecule has 1 N–H and O–H groups in total. The summed E-state index contributed by atoms with van der Waals surface area (Å²) in [5, 5.41) is 3.38. The molecule has 0 spiro atoms. The fourth-order valence-corrected chi connectivity index (χ4v) is 1.88. The van der Waals surface area contributed by atoms with E-state index in [1.54, 1.807) is 6.08 Å². The molecular formula is C12H21NO2. The van der Waals surface area contributed by atoms with Crippen LogP contribution in [-0.4, -0.2) is 18.6 Å². The molecule has 0 radical (unpaired) electrons. The number of esters is 1. The van der Waals surface area contributed by atoms with Gasteiger partial charge in [-0.05, 0) is 32.6 Å². The number of carbonyl (C=O) groups is 1. The maximum Gasteiger partial charge on any atom is 0.332 e. The Morgan fingerprint density at radius 2 is 2.27 bits per heavy atom. The van der Waals surface area contributed by atoms with Crippen LogP contribution in [0.2, 0.25) is 0 Å². The summed E-state index contributed by atoms with van der Waals surface area (Å²) in [5.74, 6) is 0.195. The molecule has 1 aliphatic heterocycles. The van der Waals surface area contributed by atoms with Gasteiger partial charge in [-0.3, -0.25) is 0 Å². The topological polar surface area (TPSA) is 38.3 Å². The number of nitrogens with one attached hydrogen (secondary N) is 1. The quantitative estimate of drug-likeness (QED) is 0.562.